The standard InChI is InChI=1S/C30H27N3O3S2/c1-35-24-11-12-28-27(16-24)32-30(38-28)37-18-19-5-7-21(8-6-19)29(34)33-22-9-10-23(33)15-26(14-22)36-25-4-2-3-20(13-25)17-31/h2-8,11-13,16,22-23,26H,9-10,14-15,18H2,1H3/t22-,23-/m0/s1. The van der Waals surface area contributed by atoms with Crippen LogP contribution in [0.4, 0.5) is 0 Å². The third-order valence-corrected chi connectivity index (χ3v) is 9.58. The van der Waals surface area contributed by atoms with Crippen LogP contribution in [0.3, 0.4) is 0 Å². The van der Waals surface area contributed by atoms with Crippen LogP contribution in [0.1, 0.15) is 47.2 Å². The van der Waals surface area contributed by atoms with Crippen molar-refractivity contribution < 1.29 is 14.3 Å². The SMILES string of the molecule is COc1ccc2sc(SCc3ccc(C(=O)N4[C@H]5CC[C@H]4CC(Oc4cccc(C#N)c4)C5)cc3)nc2c1. The highest BCUT2D eigenvalue weighted by atomic mass is 32.2. The number of carbonyl (C=O) groups excluding carboxylic acids is 1. The summed E-state index contributed by atoms with van der Waals surface area (Å²) in [6.07, 6.45) is 3.73. The number of hydrogen-bond acceptors (Lipinski definition) is 7. The van der Waals surface area contributed by atoms with Crippen LogP contribution in [0.2, 0.25) is 0 Å². The fourth-order valence-corrected chi connectivity index (χ4v) is 7.50. The first-order chi connectivity index (χ1) is 18.6. The van der Waals surface area contributed by atoms with Gasteiger partial charge in [-0.15, -0.1) is 11.3 Å². The molecule has 3 heterocycles. The van der Waals surface area contributed by atoms with Crippen molar-refractivity contribution in [2.45, 2.75) is 54.0 Å². The van der Waals surface area contributed by atoms with E-state index in [0.717, 1.165) is 68.6 Å². The van der Waals surface area contributed by atoms with E-state index in [1.807, 2.05) is 42.5 Å². The zero-order valence-electron chi connectivity index (χ0n) is 21.0. The number of ether oxygens (including phenoxy) is 2. The molecule has 2 fully saturated rings. The minimum absolute atomic E-state index is 0.0634. The second-order valence-electron chi connectivity index (χ2n) is 9.75. The maximum absolute atomic E-state index is 13.5. The number of benzene rings is 3. The minimum atomic E-state index is 0.0634. The zero-order chi connectivity index (χ0) is 26.1. The van der Waals surface area contributed by atoms with Gasteiger partial charge in [-0.2, -0.15) is 5.26 Å². The van der Waals surface area contributed by atoms with Crippen molar-refractivity contribution in [2.75, 3.05) is 7.11 Å². The Morgan fingerprint density at radius 1 is 1.08 bits per heavy atom. The average molecular weight is 542 g/mol. The summed E-state index contributed by atoms with van der Waals surface area (Å²) in [6.45, 7) is 0. The fourth-order valence-electron chi connectivity index (χ4n) is 5.50. The number of piperidine rings is 1. The molecule has 6 rings (SSSR count). The van der Waals surface area contributed by atoms with Gasteiger partial charge in [-0.3, -0.25) is 4.79 Å². The van der Waals surface area contributed by atoms with Gasteiger partial charge in [0.2, 0.25) is 0 Å². The third kappa shape index (κ3) is 5.09. The molecule has 0 N–H and O–H groups in total. The first-order valence-electron chi connectivity index (χ1n) is 12.8. The van der Waals surface area contributed by atoms with Crippen LogP contribution in [0.25, 0.3) is 10.2 Å². The number of carbonyl (C=O) groups is 1. The van der Waals surface area contributed by atoms with Gasteiger partial charge in [0, 0.05) is 42.3 Å². The highest BCUT2D eigenvalue weighted by Gasteiger charge is 2.44. The molecule has 2 aliphatic rings. The van der Waals surface area contributed by atoms with Crippen LogP contribution in [0.5, 0.6) is 11.5 Å². The van der Waals surface area contributed by atoms with Gasteiger partial charge in [-0.05, 0) is 60.9 Å². The maximum Gasteiger partial charge on any atom is 0.254 e. The van der Waals surface area contributed by atoms with Crippen LogP contribution < -0.4 is 9.47 Å². The molecule has 0 aliphatic carbocycles. The molecule has 1 aromatic heterocycles. The Morgan fingerprint density at radius 2 is 1.87 bits per heavy atom. The van der Waals surface area contributed by atoms with Crippen molar-refractivity contribution in [3.63, 3.8) is 0 Å². The van der Waals surface area contributed by atoms with E-state index in [0.29, 0.717) is 5.56 Å². The van der Waals surface area contributed by atoms with Gasteiger partial charge in [0.25, 0.3) is 5.91 Å². The van der Waals surface area contributed by atoms with Gasteiger partial charge < -0.3 is 14.4 Å². The quantitative estimate of drug-likeness (QED) is 0.243. The van der Waals surface area contributed by atoms with Gasteiger partial charge in [-0.25, -0.2) is 4.98 Å². The predicted octanol–water partition coefficient (Wildman–Crippen LogP) is 6.68. The van der Waals surface area contributed by atoms with E-state index >= 15 is 0 Å². The Balaban J connectivity index is 1.07. The number of methoxy groups -OCH3 is 1. The number of amides is 1. The van der Waals surface area contributed by atoms with Crippen LogP contribution in [0, 0.1) is 11.3 Å². The Hall–Kier alpha value is -3.54. The highest BCUT2D eigenvalue weighted by molar-refractivity contribution is 8.00. The second kappa shape index (κ2) is 10.7. The van der Waals surface area contributed by atoms with Crippen LogP contribution >= 0.6 is 23.1 Å². The average Bonchev–Trinajstić information content (AvgIpc) is 3.48. The summed E-state index contributed by atoms with van der Waals surface area (Å²) in [7, 11) is 1.66. The molecule has 2 saturated heterocycles. The Bertz CT molecular complexity index is 1500. The molecule has 6 nitrogen and oxygen atoms in total. The van der Waals surface area contributed by atoms with Gasteiger partial charge in [0.05, 0.1) is 29.0 Å². The maximum atomic E-state index is 13.5. The summed E-state index contributed by atoms with van der Waals surface area (Å²) in [5, 5.41) is 9.15. The largest absolute Gasteiger partial charge is 0.497 e. The number of nitriles is 1. The Kier molecular flexibility index (Phi) is 6.96. The van der Waals surface area contributed by atoms with Gasteiger partial charge in [0.15, 0.2) is 4.34 Å². The monoisotopic (exact) mass is 541 g/mol. The second-order valence-corrected chi connectivity index (χ2v) is 12.0. The van der Waals surface area contributed by atoms with Crippen molar-refractivity contribution in [1.29, 1.82) is 5.26 Å². The predicted molar refractivity (Wildman–Crippen MR) is 150 cm³/mol. The number of aromatic nitrogens is 1. The van der Waals surface area contributed by atoms with E-state index in [-0.39, 0.29) is 24.1 Å². The summed E-state index contributed by atoms with van der Waals surface area (Å²) < 4.78 is 13.7. The van der Waals surface area contributed by atoms with E-state index < -0.39 is 0 Å². The number of hydrogen-bond donors (Lipinski definition) is 0. The molecule has 2 bridgehead atoms. The number of fused-ring (bicyclic) bond motifs is 3. The molecule has 0 saturated carbocycles. The molecule has 3 aromatic carbocycles. The number of nitrogens with zero attached hydrogens (tertiary/aromatic N) is 3. The van der Waals surface area contributed by atoms with Crippen molar-refractivity contribution in [3.05, 3.63) is 83.4 Å². The summed E-state index contributed by atoms with van der Waals surface area (Å²) in [5.74, 6) is 2.45. The molecule has 38 heavy (non-hydrogen) atoms. The smallest absolute Gasteiger partial charge is 0.254 e. The molecule has 2 aliphatic heterocycles. The van der Waals surface area contributed by atoms with Crippen molar-refractivity contribution >= 4 is 39.2 Å². The van der Waals surface area contributed by atoms with Crippen LogP contribution in [0.15, 0.2) is 71.1 Å². The van der Waals surface area contributed by atoms with Gasteiger partial charge in [-0.1, -0.05) is 30.0 Å². The molecule has 4 aromatic rings. The minimum Gasteiger partial charge on any atom is -0.497 e. The Labute approximate surface area is 230 Å². The zero-order valence-corrected chi connectivity index (χ0v) is 22.6. The molecule has 1 amide bonds. The van der Waals surface area contributed by atoms with E-state index in [1.54, 1.807) is 42.3 Å². The lowest BCUT2D eigenvalue weighted by atomic mass is 9.98. The molecule has 0 radical (unpaired) electrons. The van der Waals surface area contributed by atoms with E-state index in [2.05, 4.69) is 23.1 Å². The molecule has 0 unspecified atom stereocenters. The molecular formula is C30H27N3O3S2. The van der Waals surface area contributed by atoms with Gasteiger partial charge >= 0.3 is 0 Å². The highest BCUT2D eigenvalue weighted by Crippen LogP contribution is 2.39. The Morgan fingerprint density at radius 3 is 2.61 bits per heavy atom. The van der Waals surface area contributed by atoms with Crippen molar-refractivity contribution in [1.82, 2.24) is 9.88 Å². The lowest BCUT2D eigenvalue weighted by Gasteiger charge is -2.39. The topological polar surface area (TPSA) is 75.4 Å². The summed E-state index contributed by atoms with van der Waals surface area (Å²) in [6, 6.07) is 23.8. The summed E-state index contributed by atoms with van der Waals surface area (Å²) >= 11 is 3.39. The lowest BCUT2D eigenvalue weighted by molar-refractivity contribution is 0.0359. The van der Waals surface area contributed by atoms with Crippen molar-refractivity contribution in [3.8, 4) is 17.6 Å². The molecule has 0 spiro atoms. The number of thiazole rings is 1. The molecular weight excluding hydrogens is 514 g/mol. The molecule has 2 atom stereocenters. The van der Waals surface area contributed by atoms with Gasteiger partial charge in [0.1, 0.15) is 17.6 Å². The van der Waals surface area contributed by atoms with E-state index in [9.17, 15) is 4.79 Å². The first kappa shape index (κ1) is 24.8. The third-order valence-electron chi connectivity index (χ3n) is 7.33. The van der Waals surface area contributed by atoms with Crippen molar-refractivity contribution in [2.24, 2.45) is 0 Å². The molecule has 8 heteroatoms. The summed E-state index contributed by atoms with van der Waals surface area (Å²) in [5.41, 5.74) is 3.46. The number of thioether (sulfide) groups is 1. The normalized spacial score (nSPS) is 20.3. The first-order valence-corrected chi connectivity index (χ1v) is 14.6. The lowest BCUT2D eigenvalue weighted by Crippen LogP contribution is -2.49. The van der Waals surface area contributed by atoms with E-state index in [1.165, 1.54) is 0 Å². The van der Waals surface area contributed by atoms with Crippen LogP contribution in [-0.2, 0) is 5.75 Å². The number of rotatable bonds is 7. The van der Waals surface area contributed by atoms with E-state index in [4.69, 9.17) is 19.7 Å². The van der Waals surface area contributed by atoms with Crippen LogP contribution in [-0.4, -0.2) is 41.1 Å². The molecule has 192 valence electrons. The fraction of sp³-hybridized carbons (Fsp3) is 0.300. The summed E-state index contributed by atoms with van der Waals surface area (Å²) in [4.78, 5) is 20.3.